The lowest BCUT2D eigenvalue weighted by Crippen LogP contribution is -2.35. The van der Waals surface area contributed by atoms with Crippen LogP contribution in [0.3, 0.4) is 0 Å². The molecular formula is C12H13N3O2. The van der Waals surface area contributed by atoms with Crippen LogP contribution in [0.25, 0.3) is 10.9 Å². The Hall–Kier alpha value is -2.17. The summed E-state index contributed by atoms with van der Waals surface area (Å²) in [4.78, 5) is 27.6. The van der Waals surface area contributed by atoms with E-state index < -0.39 is 6.40 Å². The predicted molar refractivity (Wildman–Crippen MR) is 65.4 cm³/mol. The second kappa shape index (κ2) is 4.37. The van der Waals surface area contributed by atoms with E-state index in [9.17, 15) is 9.59 Å². The first-order valence-corrected chi connectivity index (χ1v) is 5.22. The van der Waals surface area contributed by atoms with Crippen LogP contribution in [0, 0.1) is 0 Å². The van der Waals surface area contributed by atoms with Crippen LogP contribution in [0.2, 0.25) is 0 Å². The number of hydrogen-bond acceptors (Lipinski definition) is 3. The minimum Gasteiger partial charge on any atom is -0.274 e. The Labute approximate surface area is 99.5 Å². The molecule has 1 aromatic heterocycles. The summed E-state index contributed by atoms with van der Waals surface area (Å²) in [5.41, 5.74) is 2.55. The van der Waals surface area contributed by atoms with E-state index in [1.807, 2.05) is 0 Å². The second-order valence-corrected chi connectivity index (χ2v) is 3.58. The van der Waals surface area contributed by atoms with Crippen molar-refractivity contribution in [2.75, 3.05) is 5.43 Å². The number of amides is 1. The highest BCUT2D eigenvalue weighted by Gasteiger charge is 2.09. The highest BCUT2D eigenvalue weighted by Crippen LogP contribution is 2.07. The molecule has 1 atom stereocenters. The van der Waals surface area contributed by atoms with Crippen LogP contribution in [-0.4, -0.2) is 15.6 Å². The van der Waals surface area contributed by atoms with Crippen LogP contribution in [0.4, 0.5) is 0 Å². The number of fused-ring (bicyclic) bond motifs is 1. The molecule has 2 aromatic rings. The average molecular weight is 232 g/mol. The molecule has 1 heterocycles. The minimum absolute atomic E-state index is 0.217. The highest BCUT2D eigenvalue weighted by atomic mass is 16.2. The van der Waals surface area contributed by atoms with E-state index in [1.54, 1.807) is 31.2 Å². The highest BCUT2D eigenvalue weighted by molar-refractivity contribution is 5.82. The number of para-hydroxylation sites is 1. The maximum Gasteiger partial charge on any atom is 0.280 e. The zero-order valence-electron chi connectivity index (χ0n) is 10.6. The molecule has 0 saturated carbocycles. The number of aryl methyl sites for hydroxylation is 1. The lowest BCUT2D eigenvalue weighted by molar-refractivity contribution is -0.115. The van der Waals surface area contributed by atoms with E-state index in [-0.39, 0.29) is 17.3 Å². The minimum atomic E-state index is -0.714. The van der Waals surface area contributed by atoms with E-state index in [4.69, 9.17) is 1.37 Å². The van der Waals surface area contributed by atoms with Gasteiger partial charge >= 0.3 is 0 Å². The molecular weight excluding hydrogens is 218 g/mol. The lowest BCUT2D eigenvalue weighted by atomic mass is 10.2. The van der Waals surface area contributed by atoms with Crippen molar-refractivity contribution in [3.63, 3.8) is 0 Å². The number of hydrogen-bond donors (Lipinski definition) is 1. The average Bonchev–Trinajstić information content (AvgIpc) is 2.32. The molecule has 0 aliphatic carbocycles. The number of rotatable bonds is 2. The Bertz CT molecular complexity index is 664. The standard InChI is InChI=1S/C12H13N3O2/c1-3-11-13-10-7-5-4-6-9(10)12(17)15(11)14-8(2)16/h4-7H,3H2,1-2H3,(H,14,16)/i3D. The second-order valence-electron chi connectivity index (χ2n) is 3.58. The maximum atomic E-state index is 12.2. The Morgan fingerprint density at radius 2 is 2.24 bits per heavy atom. The van der Waals surface area contributed by atoms with Crippen molar-refractivity contribution in [3.8, 4) is 0 Å². The van der Waals surface area contributed by atoms with Gasteiger partial charge in [0, 0.05) is 14.7 Å². The molecule has 0 spiro atoms. The van der Waals surface area contributed by atoms with Crippen LogP contribution >= 0.6 is 0 Å². The van der Waals surface area contributed by atoms with E-state index >= 15 is 0 Å². The van der Waals surface area contributed by atoms with Crippen molar-refractivity contribution in [1.82, 2.24) is 9.66 Å². The Morgan fingerprint density at radius 3 is 2.88 bits per heavy atom. The van der Waals surface area contributed by atoms with Gasteiger partial charge in [0.2, 0.25) is 5.91 Å². The molecule has 5 heteroatoms. The Balaban J connectivity index is 2.79. The molecule has 1 N–H and O–H groups in total. The Morgan fingerprint density at radius 1 is 1.53 bits per heavy atom. The first kappa shape index (κ1) is 10.0. The van der Waals surface area contributed by atoms with Gasteiger partial charge in [0.15, 0.2) is 0 Å². The van der Waals surface area contributed by atoms with Crippen LogP contribution in [-0.2, 0) is 11.2 Å². The van der Waals surface area contributed by atoms with Crippen molar-refractivity contribution < 1.29 is 6.17 Å². The van der Waals surface area contributed by atoms with Crippen LogP contribution < -0.4 is 11.0 Å². The molecule has 0 aliphatic heterocycles. The summed E-state index contributed by atoms with van der Waals surface area (Å²) in [5, 5.41) is 0.413. The van der Waals surface area contributed by atoms with Crippen molar-refractivity contribution >= 4 is 16.8 Å². The lowest BCUT2D eigenvalue weighted by Gasteiger charge is -2.11. The number of carbonyl (C=O) groups excluding carboxylic acids is 1. The molecule has 5 nitrogen and oxygen atoms in total. The molecule has 17 heavy (non-hydrogen) atoms. The summed E-state index contributed by atoms with van der Waals surface area (Å²) in [5.74, 6) is -0.162. The fourth-order valence-corrected chi connectivity index (χ4v) is 1.61. The SMILES string of the molecule is [2H]C(C)c1nc2ccccc2c(=O)n1NC(C)=O. The number of nitrogens with one attached hydrogen (secondary N) is 1. The quantitative estimate of drug-likeness (QED) is 0.841. The van der Waals surface area contributed by atoms with E-state index in [2.05, 4.69) is 10.4 Å². The monoisotopic (exact) mass is 232 g/mol. The fourth-order valence-electron chi connectivity index (χ4n) is 1.61. The molecule has 0 aliphatic rings. The van der Waals surface area contributed by atoms with Crippen LogP contribution in [0.5, 0.6) is 0 Å². The van der Waals surface area contributed by atoms with Crippen LogP contribution in [0.1, 0.15) is 21.0 Å². The first-order chi connectivity index (χ1) is 8.50. The third-order valence-electron chi connectivity index (χ3n) is 2.33. The summed E-state index contributed by atoms with van der Waals surface area (Å²) < 4.78 is 8.75. The molecule has 0 saturated heterocycles. The van der Waals surface area contributed by atoms with Crippen molar-refractivity contribution in [3.05, 3.63) is 40.4 Å². The van der Waals surface area contributed by atoms with Crippen molar-refractivity contribution in [2.45, 2.75) is 20.2 Å². The van der Waals surface area contributed by atoms with Gasteiger partial charge in [0.1, 0.15) is 5.82 Å². The van der Waals surface area contributed by atoms with Gasteiger partial charge in [0.25, 0.3) is 5.56 Å². The molecule has 88 valence electrons. The third-order valence-corrected chi connectivity index (χ3v) is 2.33. The molecule has 1 unspecified atom stereocenters. The van der Waals surface area contributed by atoms with Gasteiger partial charge < -0.3 is 0 Å². The largest absolute Gasteiger partial charge is 0.280 e. The summed E-state index contributed by atoms with van der Waals surface area (Å²) in [6, 6.07) is 6.85. The van der Waals surface area contributed by atoms with E-state index in [1.165, 1.54) is 6.92 Å². The van der Waals surface area contributed by atoms with Gasteiger partial charge in [-0.25, -0.2) is 9.66 Å². The van der Waals surface area contributed by atoms with Gasteiger partial charge in [-0.15, -0.1) is 0 Å². The smallest absolute Gasteiger partial charge is 0.274 e. The molecule has 0 bridgehead atoms. The fraction of sp³-hybridized carbons (Fsp3) is 0.250. The van der Waals surface area contributed by atoms with Crippen molar-refractivity contribution in [2.24, 2.45) is 0 Å². The summed E-state index contributed by atoms with van der Waals surface area (Å²) in [7, 11) is 0. The normalized spacial score (nSPS) is 13.2. The van der Waals surface area contributed by atoms with Gasteiger partial charge in [-0.3, -0.25) is 15.0 Å². The zero-order chi connectivity index (χ0) is 13.3. The van der Waals surface area contributed by atoms with Gasteiger partial charge in [-0.05, 0) is 12.1 Å². The number of benzene rings is 1. The molecule has 0 radical (unpaired) electrons. The molecule has 0 fully saturated rings. The molecule has 2 rings (SSSR count). The summed E-state index contributed by atoms with van der Waals surface area (Å²) in [6.07, 6.45) is -0.714. The Kier molecular flexibility index (Phi) is 2.57. The van der Waals surface area contributed by atoms with Crippen LogP contribution in [0.15, 0.2) is 29.1 Å². The molecule has 1 aromatic carbocycles. The van der Waals surface area contributed by atoms with E-state index in [0.717, 1.165) is 4.68 Å². The van der Waals surface area contributed by atoms with E-state index in [0.29, 0.717) is 10.9 Å². The maximum absolute atomic E-state index is 12.2. The van der Waals surface area contributed by atoms with Gasteiger partial charge in [0.05, 0.1) is 10.9 Å². The third kappa shape index (κ3) is 2.04. The zero-order valence-corrected chi connectivity index (χ0v) is 9.60. The number of nitrogens with zero attached hydrogens (tertiary/aromatic N) is 2. The number of carbonyl (C=O) groups is 1. The topological polar surface area (TPSA) is 64.0 Å². The summed E-state index contributed by atoms with van der Waals surface area (Å²) >= 11 is 0. The first-order valence-electron chi connectivity index (χ1n) is 5.80. The summed E-state index contributed by atoms with van der Waals surface area (Å²) in [6.45, 7) is 2.90. The number of aromatic nitrogens is 2. The van der Waals surface area contributed by atoms with Gasteiger partial charge in [-0.1, -0.05) is 19.1 Å². The van der Waals surface area contributed by atoms with Crippen molar-refractivity contribution in [1.29, 1.82) is 0 Å². The predicted octanol–water partition coefficient (Wildman–Crippen LogP) is 1.05. The van der Waals surface area contributed by atoms with Gasteiger partial charge in [-0.2, -0.15) is 0 Å². The molecule has 1 amide bonds.